The van der Waals surface area contributed by atoms with Crippen LogP contribution in [-0.4, -0.2) is 65.6 Å². The van der Waals surface area contributed by atoms with Gasteiger partial charge in [0.2, 0.25) is 0 Å². The Hall–Kier alpha value is -0.720. The SMILES string of the molecule is CCCCCCCC/C=C\CCCCCCCCOCC(COCCOCCOCC)OCCCCCCCC/C=C\CCCCCCCC. The van der Waals surface area contributed by atoms with Crippen molar-refractivity contribution in [2.45, 2.75) is 207 Å². The first-order valence-electron chi connectivity index (χ1n) is 22.1. The van der Waals surface area contributed by atoms with Crippen LogP contribution in [0.1, 0.15) is 201 Å². The third-order valence-electron chi connectivity index (χ3n) is 9.37. The monoisotopic (exact) mass is 709 g/mol. The van der Waals surface area contributed by atoms with Gasteiger partial charge in [0.15, 0.2) is 0 Å². The Balaban J connectivity index is 3.86. The van der Waals surface area contributed by atoms with Gasteiger partial charge in [0.05, 0.1) is 39.6 Å². The number of hydrogen-bond donors (Lipinski definition) is 0. The molecule has 0 saturated carbocycles. The van der Waals surface area contributed by atoms with Crippen LogP contribution in [0.5, 0.6) is 0 Å². The molecule has 0 aromatic heterocycles. The molecule has 5 nitrogen and oxygen atoms in total. The van der Waals surface area contributed by atoms with Gasteiger partial charge in [0.1, 0.15) is 6.10 Å². The zero-order valence-corrected chi connectivity index (χ0v) is 34.1. The van der Waals surface area contributed by atoms with Crippen LogP contribution in [0.25, 0.3) is 0 Å². The number of hydrogen-bond acceptors (Lipinski definition) is 5. The van der Waals surface area contributed by atoms with E-state index in [-0.39, 0.29) is 6.10 Å². The third kappa shape index (κ3) is 43.4. The van der Waals surface area contributed by atoms with Gasteiger partial charge in [0.25, 0.3) is 0 Å². The molecule has 1 atom stereocenters. The number of unbranched alkanes of at least 4 members (excludes halogenated alkanes) is 24. The number of ether oxygens (including phenoxy) is 5. The average Bonchev–Trinajstić information content (AvgIpc) is 3.13. The second-order valence-electron chi connectivity index (χ2n) is 14.3. The van der Waals surface area contributed by atoms with Crippen molar-refractivity contribution in [2.75, 3.05) is 59.5 Å². The van der Waals surface area contributed by atoms with E-state index in [0.717, 1.165) is 32.7 Å². The fraction of sp³-hybridized carbons (Fsp3) is 0.911. The highest BCUT2D eigenvalue weighted by molar-refractivity contribution is 4.82. The largest absolute Gasteiger partial charge is 0.379 e. The first-order valence-corrected chi connectivity index (χ1v) is 22.1. The lowest BCUT2D eigenvalue weighted by Gasteiger charge is -2.18. The summed E-state index contributed by atoms with van der Waals surface area (Å²) in [6.45, 7) is 12.5. The molecule has 0 spiro atoms. The fourth-order valence-corrected chi connectivity index (χ4v) is 6.11. The Morgan fingerprint density at radius 2 is 0.660 bits per heavy atom. The highest BCUT2D eigenvalue weighted by Gasteiger charge is 2.10. The van der Waals surface area contributed by atoms with Gasteiger partial charge in [-0.25, -0.2) is 0 Å². The molecule has 0 fully saturated rings. The van der Waals surface area contributed by atoms with Crippen molar-refractivity contribution in [3.05, 3.63) is 24.3 Å². The van der Waals surface area contributed by atoms with Crippen LogP contribution in [0.4, 0.5) is 0 Å². The Kier molecular flexibility index (Phi) is 45.6. The maximum absolute atomic E-state index is 6.23. The second-order valence-corrected chi connectivity index (χ2v) is 14.3. The minimum Gasteiger partial charge on any atom is -0.379 e. The Morgan fingerprint density at radius 3 is 1.10 bits per heavy atom. The summed E-state index contributed by atoms with van der Waals surface area (Å²) in [5.41, 5.74) is 0. The molecule has 0 aliphatic carbocycles. The third-order valence-corrected chi connectivity index (χ3v) is 9.37. The zero-order chi connectivity index (χ0) is 36.1. The highest BCUT2D eigenvalue weighted by Crippen LogP contribution is 2.12. The highest BCUT2D eigenvalue weighted by atomic mass is 16.6. The van der Waals surface area contributed by atoms with Crippen molar-refractivity contribution in [1.29, 1.82) is 0 Å². The summed E-state index contributed by atoms with van der Waals surface area (Å²) in [6.07, 6.45) is 46.7. The van der Waals surface area contributed by atoms with E-state index >= 15 is 0 Å². The normalized spacial score (nSPS) is 12.6. The van der Waals surface area contributed by atoms with Gasteiger partial charge in [-0.15, -0.1) is 0 Å². The fourth-order valence-electron chi connectivity index (χ4n) is 6.11. The van der Waals surface area contributed by atoms with E-state index in [0.29, 0.717) is 39.6 Å². The molecule has 0 saturated heterocycles. The Morgan fingerprint density at radius 1 is 0.320 bits per heavy atom. The van der Waals surface area contributed by atoms with Crippen LogP contribution in [-0.2, 0) is 23.7 Å². The van der Waals surface area contributed by atoms with E-state index in [1.165, 1.54) is 167 Å². The predicted octanol–water partition coefficient (Wildman–Crippen LogP) is 13.5. The van der Waals surface area contributed by atoms with Gasteiger partial charge in [-0.05, 0) is 71.1 Å². The van der Waals surface area contributed by atoms with Crippen molar-refractivity contribution in [3.8, 4) is 0 Å². The zero-order valence-electron chi connectivity index (χ0n) is 34.1. The maximum atomic E-state index is 6.23. The predicted molar refractivity (Wildman–Crippen MR) is 218 cm³/mol. The lowest BCUT2D eigenvalue weighted by atomic mass is 10.1. The molecule has 0 aromatic carbocycles. The standard InChI is InChI=1S/C45H88O5/c1-4-7-9-11-13-15-17-19-21-23-25-27-29-31-33-35-37-48-43-45(44-49-42-41-47-40-39-46-6-3)50-38-36-34-32-30-28-26-24-22-20-18-16-14-12-10-8-5-2/h19-22,45H,4-18,23-44H2,1-3H3/b21-19-,22-20-. The van der Waals surface area contributed by atoms with Crippen molar-refractivity contribution in [3.63, 3.8) is 0 Å². The molecule has 0 aromatic rings. The maximum Gasteiger partial charge on any atom is 0.104 e. The minimum absolute atomic E-state index is 0.00401. The molecule has 0 heterocycles. The van der Waals surface area contributed by atoms with Gasteiger partial charge >= 0.3 is 0 Å². The number of rotatable bonds is 44. The van der Waals surface area contributed by atoms with Crippen LogP contribution in [0, 0.1) is 0 Å². The van der Waals surface area contributed by atoms with E-state index in [2.05, 4.69) is 38.2 Å². The lowest BCUT2D eigenvalue weighted by molar-refractivity contribution is -0.0695. The lowest BCUT2D eigenvalue weighted by Crippen LogP contribution is -2.27. The second kappa shape index (κ2) is 46.3. The van der Waals surface area contributed by atoms with Gasteiger partial charge in [-0.3, -0.25) is 0 Å². The molecule has 5 heteroatoms. The molecule has 0 aliphatic heterocycles. The van der Waals surface area contributed by atoms with Crippen molar-refractivity contribution < 1.29 is 23.7 Å². The molecule has 0 radical (unpaired) electrons. The summed E-state index contributed by atoms with van der Waals surface area (Å²) in [5, 5.41) is 0. The summed E-state index contributed by atoms with van der Waals surface area (Å²) in [7, 11) is 0. The first kappa shape index (κ1) is 49.3. The van der Waals surface area contributed by atoms with E-state index in [9.17, 15) is 0 Å². The molecular formula is C45H88O5. The summed E-state index contributed by atoms with van der Waals surface area (Å²) < 4.78 is 29.1. The van der Waals surface area contributed by atoms with Crippen molar-refractivity contribution in [1.82, 2.24) is 0 Å². The van der Waals surface area contributed by atoms with Crippen LogP contribution >= 0.6 is 0 Å². The molecule has 50 heavy (non-hydrogen) atoms. The van der Waals surface area contributed by atoms with E-state index in [1.54, 1.807) is 0 Å². The summed E-state index contributed by atoms with van der Waals surface area (Å²) in [4.78, 5) is 0. The van der Waals surface area contributed by atoms with Crippen LogP contribution in [0.2, 0.25) is 0 Å². The Labute approximate surface area is 313 Å². The molecule has 0 amide bonds. The van der Waals surface area contributed by atoms with Crippen molar-refractivity contribution in [2.24, 2.45) is 0 Å². The van der Waals surface area contributed by atoms with E-state index in [1.807, 2.05) is 6.92 Å². The van der Waals surface area contributed by atoms with Crippen molar-refractivity contribution >= 4 is 0 Å². The number of allylic oxidation sites excluding steroid dienone is 4. The van der Waals surface area contributed by atoms with Gasteiger partial charge in [-0.1, -0.05) is 154 Å². The smallest absolute Gasteiger partial charge is 0.104 e. The molecule has 0 aliphatic rings. The van der Waals surface area contributed by atoms with E-state index < -0.39 is 0 Å². The summed E-state index contributed by atoms with van der Waals surface area (Å²) in [5.74, 6) is 0. The topological polar surface area (TPSA) is 46.2 Å². The quantitative estimate of drug-likeness (QED) is 0.0466. The molecular weight excluding hydrogens is 620 g/mol. The summed E-state index contributed by atoms with van der Waals surface area (Å²) in [6, 6.07) is 0. The van der Waals surface area contributed by atoms with Gasteiger partial charge in [-0.2, -0.15) is 0 Å². The van der Waals surface area contributed by atoms with Crippen LogP contribution in [0.3, 0.4) is 0 Å². The van der Waals surface area contributed by atoms with Gasteiger partial charge < -0.3 is 23.7 Å². The molecule has 1 unspecified atom stereocenters. The molecule has 0 N–H and O–H groups in total. The van der Waals surface area contributed by atoms with E-state index in [4.69, 9.17) is 23.7 Å². The summed E-state index contributed by atoms with van der Waals surface area (Å²) >= 11 is 0. The average molecular weight is 709 g/mol. The minimum atomic E-state index is -0.00401. The Bertz CT molecular complexity index is 651. The first-order chi connectivity index (χ1) is 24.8. The van der Waals surface area contributed by atoms with Gasteiger partial charge in [0, 0.05) is 19.8 Å². The van der Waals surface area contributed by atoms with Crippen LogP contribution < -0.4 is 0 Å². The molecule has 0 rings (SSSR count). The molecule has 0 bridgehead atoms. The molecule has 298 valence electrons. The van der Waals surface area contributed by atoms with Crippen LogP contribution in [0.15, 0.2) is 24.3 Å².